The number of piperidine rings is 1. The number of carbonyl (C=O) groups excluding carboxylic acids is 2. The molecule has 6 nitrogen and oxygen atoms in total. The Morgan fingerprint density at radius 2 is 1.80 bits per heavy atom. The highest BCUT2D eigenvalue weighted by Gasteiger charge is 2.32. The number of piperazine rings is 1. The van der Waals surface area contributed by atoms with Crippen molar-refractivity contribution in [1.82, 2.24) is 20.4 Å². The van der Waals surface area contributed by atoms with Crippen molar-refractivity contribution in [3.05, 3.63) is 0 Å². The van der Waals surface area contributed by atoms with Crippen molar-refractivity contribution in [1.29, 1.82) is 0 Å². The van der Waals surface area contributed by atoms with Gasteiger partial charge in [0.05, 0.1) is 6.54 Å². The van der Waals surface area contributed by atoms with E-state index in [1.807, 2.05) is 4.90 Å². The van der Waals surface area contributed by atoms with Gasteiger partial charge in [0, 0.05) is 25.7 Å². The van der Waals surface area contributed by atoms with Crippen LogP contribution in [0.2, 0.25) is 0 Å². The van der Waals surface area contributed by atoms with Gasteiger partial charge in [0.15, 0.2) is 0 Å². The van der Waals surface area contributed by atoms with Crippen molar-refractivity contribution < 1.29 is 9.59 Å². The molecule has 3 rings (SSSR count). The Morgan fingerprint density at radius 3 is 2.40 bits per heavy atom. The second-order valence-corrected chi connectivity index (χ2v) is 6.04. The molecule has 2 amide bonds. The molecule has 0 aromatic heterocycles. The summed E-state index contributed by atoms with van der Waals surface area (Å²) in [5.74, 6) is 0.117. The van der Waals surface area contributed by atoms with Crippen molar-refractivity contribution in [2.75, 3.05) is 39.3 Å². The molecule has 3 heterocycles. The van der Waals surface area contributed by atoms with Crippen LogP contribution in [0.15, 0.2) is 0 Å². The van der Waals surface area contributed by atoms with Crippen LogP contribution in [0.25, 0.3) is 0 Å². The number of nitrogens with one attached hydrogen (secondary N) is 2. The van der Waals surface area contributed by atoms with Crippen LogP contribution in [0.3, 0.4) is 0 Å². The summed E-state index contributed by atoms with van der Waals surface area (Å²) in [4.78, 5) is 28.0. The van der Waals surface area contributed by atoms with E-state index in [0.717, 1.165) is 25.9 Å². The van der Waals surface area contributed by atoms with E-state index < -0.39 is 0 Å². The molecule has 3 aliphatic rings. The normalized spacial score (nSPS) is 29.5. The van der Waals surface area contributed by atoms with E-state index in [1.165, 1.54) is 25.9 Å². The molecule has 6 heteroatoms. The van der Waals surface area contributed by atoms with Gasteiger partial charge < -0.3 is 15.1 Å². The molecule has 0 radical (unpaired) electrons. The zero-order valence-electron chi connectivity index (χ0n) is 11.9. The predicted molar refractivity (Wildman–Crippen MR) is 75.2 cm³/mol. The molecule has 112 valence electrons. The molecule has 0 aromatic rings. The van der Waals surface area contributed by atoms with Crippen LogP contribution in [-0.2, 0) is 9.59 Å². The Hall–Kier alpha value is -1.14. The molecule has 2 N–H and O–H groups in total. The van der Waals surface area contributed by atoms with Crippen molar-refractivity contribution in [3.8, 4) is 0 Å². The van der Waals surface area contributed by atoms with E-state index in [2.05, 4.69) is 15.5 Å². The Labute approximate surface area is 119 Å². The quantitative estimate of drug-likeness (QED) is 0.692. The van der Waals surface area contributed by atoms with Gasteiger partial charge in [0.1, 0.15) is 6.04 Å². The summed E-state index contributed by atoms with van der Waals surface area (Å²) in [5, 5.41) is 5.77. The third-order valence-corrected chi connectivity index (χ3v) is 4.74. The molecule has 0 bridgehead atoms. The van der Waals surface area contributed by atoms with Crippen molar-refractivity contribution in [3.63, 3.8) is 0 Å². The molecule has 20 heavy (non-hydrogen) atoms. The summed E-state index contributed by atoms with van der Waals surface area (Å²) in [7, 11) is 0. The fourth-order valence-corrected chi connectivity index (χ4v) is 3.52. The highest BCUT2D eigenvalue weighted by molar-refractivity contribution is 5.86. The number of carbonyl (C=O) groups is 2. The first-order chi connectivity index (χ1) is 9.74. The summed E-state index contributed by atoms with van der Waals surface area (Å²) < 4.78 is 0. The number of likely N-dealkylation sites (tertiary alicyclic amines) is 2. The number of rotatable bonds is 2. The van der Waals surface area contributed by atoms with E-state index in [4.69, 9.17) is 0 Å². The third-order valence-electron chi connectivity index (χ3n) is 4.74. The lowest BCUT2D eigenvalue weighted by Gasteiger charge is -2.38. The molecule has 0 aliphatic carbocycles. The maximum atomic E-state index is 12.4. The smallest absolute Gasteiger partial charge is 0.241 e. The van der Waals surface area contributed by atoms with Crippen LogP contribution >= 0.6 is 0 Å². The number of hydrogen-bond donors (Lipinski definition) is 2. The summed E-state index contributed by atoms with van der Waals surface area (Å²) in [6.45, 7) is 4.84. The first-order valence-electron chi connectivity index (χ1n) is 7.77. The number of nitrogens with zero attached hydrogens (tertiary/aromatic N) is 2. The molecule has 0 aromatic carbocycles. The van der Waals surface area contributed by atoms with Crippen molar-refractivity contribution in [2.45, 2.75) is 37.8 Å². The Morgan fingerprint density at radius 1 is 1.10 bits per heavy atom. The summed E-state index contributed by atoms with van der Waals surface area (Å²) >= 11 is 0. The molecule has 0 saturated carbocycles. The topological polar surface area (TPSA) is 64.7 Å². The lowest BCUT2D eigenvalue weighted by molar-refractivity contribution is -0.136. The summed E-state index contributed by atoms with van der Waals surface area (Å²) in [6, 6.07) is 0.427. The summed E-state index contributed by atoms with van der Waals surface area (Å²) in [5.41, 5.74) is 0. The fourth-order valence-electron chi connectivity index (χ4n) is 3.52. The monoisotopic (exact) mass is 280 g/mol. The van der Waals surface area contributed by atoms with Crippen LogP contribution in [0.4, 0.5) is 0 Å². The van der Waals surface area contributed by atoms with Gasteiger partial charge in [0.2, 0.25) is 11.8 Å². The maximum Gasteiger partial charge on any atom is 0.241 e. The average Bonchev–Trinajstić information content (AvgIpc) is 3.02. The fraction of sp³-hybridized carbons (Fsp3) is 0.857. The molecule has 3 aliphatic heterocycles. The highest BCUT2D eigenvalue weighted by Crippen LogP contribution is 2.21. The Balaban J connectivity index is 1.47. The van der Waals surface area contributed by atoms with E-state index >= 15 is 0 Å². The lowest BCUT2D eigenvalue weighted by Crippen LogP contribution is -2.60. The Bertz CT molecular complexity index is 363. The molecule has 3 fully saturated rings. The van der Waals surface area contributed by atoms with Gasteiger partial charge in [-0.25, -0.2) is 0 Å². The minimum Gasteiger partial charge on any atom is -0.353 e. The lowest BCUT2D eigenvalue weighted by atomic mass is 10.0. The average molecular weight is 280 g/mol. The predicted octanol–water partition coefficient (Wildman–Crippen LogP) is -0.839. The largest absolute Gasteiger partial charge is 0.353 e. The molecule has 1 atom stereocenters. The number of amides is 2. The van der Waals surface area contributed by atoms with E-state index in [0.29, 0.717) is 12.6 Å². The van der Waals surface area contributed by atoms with E-state index in [-0.39, 0.29) is 24.4 Å². The van der Waals surface area contributed by atoms with Crippen molar-refractivity contribution in [2.24, 2.45) is 0 Å². The van der Waals surface area contributed by atoms with Gasteiger partial charge >= 0.3 is 0 Å². The molecule has 3 saturated heterocycles. The first kappa shape index (κ1) is 13.8. The van der Waals surface area contributed by atoms with E-state index in [1.54, 1.807) is 0 Å². The van der Waals surface area contributed by atoms with Gasteiger partial charge in [-0.2, -0.15) is 0 Å². The summed E-state index contributed by atoms with van der Waals surface area (Å²) in [6.07, 6.45) is 4.82. The van der Waals surface area contributed by atoms with Gasteiger partial charge in [-0.3, -0.25) is 14.9 Å². The third kappa shape index (κ3) is 2.96. The van der Waals surface area contributed by atoms with E-state index in [9.17, 15) is 9.59 Å². The molecular formula is C14H24N4O2. The van der Waals surface area contributed by atoms with Gasteiger partial charge in [-0.05, 0) is 38.8 Å². The Kier molecular flexibility index (Phi) is 4.21. The second kappa shape index (κ2) is 6.10. The van der Waals surface area contributed by atoms with Gasteiger partial charge in [-0.15, -0.1) is 0 Å². The second-order valence-electron chi connectivity index (χ2n) is 6.04. The van der Waals surface area contributed by atoms with Gasteiger partial charge in [-0.1, -0.05) is 0 Å². The van der Waals surface area contributed by atoms with Gasteiger partial charge in [0.25, 0.3) is 0 Å². The standard InChI is InChI=1S/C14H24N4O2/c19-13-10-15-12(9-16-13)14(20)18-7-3-11(4-8-18)17-5-1-2-6-17/h11-12,15H,1-10H2,(H,16,19). The minimum absolute atomic E-state index is 0.0261. The van der Waals surface area contributed by atoms with Crippen molar-refractivity contribution >= 4 is 11.8 Å². The van der Waals surface area contributed by atoms with Crippen LogP contribution in [-0.4, -0.2) is 73.0 Å². The van der Waals surface area contributed by atoms with Crippen LogP contribution in [0.1, 0.15) is 25.7 Å². The highest BCUT2D eigenvalue weighted by atomic mass is 16.2. The molecular weight excluding hydrogens is 256 g/mol. The minimum atomic E-state index is -0.240. The maximum absolute atomic E-state index is 12.4. The number of hydrogen-bond acceptors (Lipinski definition) is 4. The molecule has 1 unspecified atom stereocenters. The van der Waals surface area contributed by atoms with Crippen LogP contribution in [0.5, 0.6) is 0 Å². The first-order valence-corrected chi connectivity index (χ1v) is 7.77. The zero-order valence-corrected chi connectivity index (χ0v) is 11.9. The SMILES string of the molecule is O=C1CNC(C(=O)N2CCC(N3CCCC3)CC2)CN1. The molecule has 0 spiro atoms. The zero-order chi connectivity index (χ0) is 13.9. The van der Waals surface area contributed by atoms with Crippen LogP contribution in [0, 0.1) is 0 Å². The van der Waals surface area contributed by atoms with Crippen LogP contribution < -0.4 is 10.6 Å².